The van der Waals surface area contributed by atoms with Gasteiger partial charge in [0.2, 0.25) is 12.6 Å². The second-order valence-corrected chi connectivity index (χ2v) is 44.1. The fourth-order valence-electron chi connectivity index (χ4n) is 26.9. The molecule has 29 heteroatoms. The van der Waals surface area contributed by atoms with E-state index in [0.717, 1.165) is 176 Å². The van der Waals surface area contributed by atoms with E-state index in [1.165, 1.54) is 248 Å². The highest BCUT2D eigenvalue weighted by Gasteiger charge is 2.62. The number of para-hydroxylation sites is 1. The molecule has 17 aliphatic rings. The third-order valence-corrected chi connectivity index (χ3v) is 31.9. The van der Waals surface area contributed by atoms with E-state index in [9.17, 15) is 43.2 Å². The zero-order chi connectivity index (χ0) is 102. The molecule has 19 atom stereocenters. The molecule has 0 spiro atoms. The number of carbonyl (C=O) groups is 9. The van der Waals surface area contributed by atoms with E-state index in [-0.39, 0.29) is 78.2 Å². The molecule has 0 amide bonds. The first-order chi connectivity index (χ1) is 67.4. The molecule has 0 aromatic heterocycles. The molecule has 1 saturated heterocycles. The number of fused-ring (bicyclic) bond motifs is 11. The average molecular weight is 2000 g/mol. The Morgan fingerprint density at radius 1 is 0.362 bits per heavy atom. The van der Waals surface area contributed by atoms with Crippen molar-refractivity contribution in [2.24, 2.45) is 106 Å². The van der Waals surface area contributed by atoms with Crippen LogP contribution in [0.3, 0.4) is 0 Å². The largest absolute Gasteiger partial charge is 0.491 e. The highest BCUT2D eigenvalue weighted by atomic mass is 32.2. The quantitative estimate of drug-likeness (QED) is 0.0199. The van der Waals surface area contributed by atoms with Crippen LogP contribution >= 0.6 is 11.8 Å². The maximum atomic E-state index is 10.9. The molecule has 2 aromatic carbocycles. The summed E-state index contributed by atoms with van der Waals surface area (Å²) >= 11 is 1.74. The van der Waals surface area contributed by atoms with Crippen LogP contribution in [-0.4, -0.2) is 186 Å². The van der Waals surface area contributed by atoms with Gasteiger partial charge in [-0.05, 0) is 346 Å². The molecule has 19 rings (SSSR count). The molecule has 14 bridgehead atoms. The monoisotopic (exact) mass is 2000 g/mol. The lowest BCUT2D eigenvalue weighted by molar-refractivity contribution is -0.244. The SMILES string of the molecule is CC(=O)OC(C)OC12CC3CC(CC(C3)C1)C2.CC(=O)OC(C)OC1CCCCC1.CC(=O)OC(C)OCC12CC3CC(CC(C3)C1)C2.CC(=O)OC(C)OCCC1CC2CC1C1C3CCC(C3)C21.CC(=O)OC(C)OCCC1CC2CCC1C2.CC(=O)OC(C)OCCC1CCCCC1.CC(=O)OC(C)OCCOc1ccccc1.CC(=O)OC(C)OCCc1ccccc1.CC(=O)OC1CSCCO1. The number of hydrogen-bond acceptors (Lipinski definition) is 29. The summed E-state index contributed by atoms with van der Waals surface area (Å²) < 4.78 is 99.4. The van der Waals surface area contributed by atoms with Gasteiger partial charge < -0.3 is 90.0 Å². The van der Waals surface area contributed by atoms with Crippen LogP contribution in [0.25, 0.3) is 0 Å². The third kappa shape index (κ3) is 44.6. The zero-order valence-corrected chi connectivity index (χ0v) is 89.3. The molecule has 0 N–H and O–H groups in total. The fourth-order valence-corrected chi connectivity index (χ4v) is 27.6. The molecule has 0 radical (unpaired) electrons. The van der Waals surface area contributed by atoms with E-state index < -0.39 is 37.7 Å². The molecule has 16 aliphatic carbocycles. The van der Waals surface area contributed by atoms with E-state index >= 15 is 0 Å². The summed E-state index contributed by atoms with van der Waals surface area (Å²) in [5.41, 5.74) is 1.65. The van der Waals surface area contributed by atoms with Gasteiger partial charge in [0.05, 0.1) is 63.7 Å². The lowest BCUT2D eigenvalue weighted by Crippen LogP contribution is -2.53. The Bertz CT molecular complexity index is 3890. The van der Waals surface area contributed by atoms with Crippen molar-refractivity contribution in [3.05, 3.63) is 66.2 Å². The first-order valence-corrected chi connectivity index (χ1v) is 55.0. The lowest BCUT2D eigenvalue weighted by atomic mass is 9.50. The Labute approximate surface area is 847 Å². The standard InChI is InChI=1S/C18H28O3.C15H24O3.C14H22O3.C13H22O3.C12H16O4.C12H22O3.C12H16O3.C10H18O3.C6H10O3S/c1-10(19)21-11(2)20-6-5-12-7-15-9-16(12)18-14-4-3-13(8-14)17(15)18;1-10(16)18-11(2)17-9-15-6-12-3-13(7-15)5-14(4-12)8-15;1-9(15)16-10(2)17-14-6-11-3-12(7-14)5-13(4-11)8-14;1-9(14)16-10(2)15-6-5-13-8-11-3-4-12(13)7-11;1-10(13)16-11(2)14-8-9-15-12-6-4-3-5-7-12;2*1-10(13)15-11(2)14-9-8-12-6-4-3-5-7-12;1-8(11)12-9(2)13-10-6-4-3-5-7-10;1-5(7)9-6-4-10-3-2-8-6/h11-18H,3-9H2,1-2H3;11-14H,3-9H2,1-2H3;10-13H,3-8H2,1-2H3;10-13H,3-8H2,1-2H3;3-7,11H,8-9H2,1-2H3;11-12H,3-9H2,1-2H3;3-7,11H,8-9H2,1-2H3;9-10H,3-7H2,1-2H3;6H,2-4H2,1H3. The molecule has 28 nitrogen and oxygen atoms in total. The van der Waals surface area contributed by atoms with Crippen LogP contribution in [0, 0.1) is 106 Å². The van der Waals surface area contributed by atoms with Gasteiger partial charge in [0.1, 0.15) is 12.4 Å². The summed E-state index contributed by atoms with van der Waals surface area (Å²) in [5, 5.41) is 0. The van der Waals surface area contributed by atoms with Crippen molar-refractivity contribution in [1.82, 2.24) is 0 Å². The predicted molar refractivity (Wildman–Crippen MR) is 534 cm³/mol. The molecule has 1 heterocycles. The number of hydrogen-bond donors (Lipinski definition) is 0. The minimum atomic E-state index is -0.531. The Balaban J connectivity index is 0.000000178. The highest BCUT2D eigenvalue weighted by Crippen LogP contribution is 2.69. The van der Waals surface area contributed by atoms with E-state index in [0.29, 0.717) is 44.6 Å². The van der Waals surface area contributed by atoms with Crippen molar-refractivity contribution in [2.45, 2.75) is 411 Å². The second-order valence-electron chi connectivity index (χ2n) is 42.9. The molecule has 17 fully saturated rings. The number of ether oxygens (including phenoxy) is 19. The van der Waals surface area contributed by atoms with Gasteiger partial charge in [0, 0.05) is 68.1 Å². The normalized spacial score (nSPS) is 30.3. The summed E-state index contributed by atoms with van der Waals surface area (Å²) in [6, 6.07) is 19.5. The molecule has 16 saturated carbocycles. The van der Waals surface area contributed by atoms with Crippen molar-refractivity contribution >= 4 is 65.5 Å². The van der Waals surface area contributed by atoms with E-state index in [2.05, 4.69) is 0 Å². The van der Waals surface area contributed by atoms with Gasteiger partial charge in [-0.15, -0.1) is 0 Å². The van der Waals surface area contributed by atoms with Gasteiger partial charge in [-0.1, -0.05) is 106 Å². The zero-order valence-electron chi connectivity index (χ0n) is 88.5. The smallest absolute Gasteiger partial charge is 0.304 e. The summed E-state index contributed by atoms with van der Waals surface area (Å²) in [6.45, 7) is 31.8. The second kappa shape index (κ2) is 61.9. The average Bonchev–Trinajstić information content (AvgIpc) is 1.51. The first-order valence-electron chi connectivity index (χ1n) is 53.9. The van der Waals surface area contributed by atoms with Crippen LogP contribution in [0.5, 0.6) is 5.75 Å². The van der Waals surface area contributed by atoms with Gasteiger partial charge in [0.15, 0.2) is 44.0 Å². The number of thioether (sulfide) groups is 1. The van der Waals surface area contributed by atoms with Crippen molar-refractivity contribution in [3.8, 4) is 5.75 Å². The molecule has 2 aromatic rings. The molecule has 19 unspecified atom stereocenters. The maximum absolute atomic E-state index is 10.9. The number of carbonyl (C=O) groups excluding carboxylic acids is 9. The summed E-state index contributed by atoms with van der Waals surface area (Å²) in [5.74, 6) is 16.4. The number of rotatable bonds is 37. The van der Waals surface area contributed by atoms with Crippen molar-refractivity contribution in [3.63, 3.8) is 0 Å². The van der Waals surface area contributed by atoms with Crippen molar-refractivity contribution in [1.29, 1.82) is 0 Å². The first kappa shape index (κ1) is 118. The van der Waals surface area contributed by atoms with Gasteiger partial charge in [0.25, 0.3) is 0 Å². The fraction of sp³-hybridized carbons (Fsp3) is 0.812. The molecule has 800 valence electrons. The minimum Gasteiger partial charge on any atom is -0.491 e. The third-order valence-electron chi connectivity index (χ3n) is 30.9. The van der Waals surface area contributed by atoms with Crippen molar-refractivity contribution < 1.29 is 133 Å². The van der Waals surface area contributed by atoms with Crippen LogP contribution < -0.4 is 4.74 Å². The molecular formula is C112H178O28S. The van der Waals surface area contributed by atoms with Crippen molar-refractivity contribution in [2.75, 3.05) is 64.4 Å². The van der Waals surface area contributed by atoms with Crippen LogP contribution in [0.4, 0.5) is 0 Å². The number of esters is 9. The minimum absolute atomic E-state index is 0.0314. The summed E-state index contributed by atoms with van der Waals surface area (Å²) in [4.78, 5) is 96.1. The van der Waals surface area contributed by atoms with Gasteiger partial charge >= 0.3 is 53.7 Å². The van der Waals surface area contributed by atoms with Crippen LogP contribution in [0.1, 0.15) is 342 Å². The van der Waals surface area contributed by atoms with Crippen LogP contribution in [0.2, 0.25) is 0 Å². The predicted octanol–water partition coefficient (Wildman–Crippen LogP) is 22.3. The Hall–Kier alpha value is -6.54. The molecular weight excluding hydrogens is 1830 g/mol. The topological polar surface area (TPSA) is 329 Å². The van der Waals surface area contributed by atoms with Gasteiger partial charge in [-0.25, -0.2) is 0 Å². The maximum Gasteiger partial charge on any atom is 0.304 e. The van der Waals surface area contributed by atoms with E-state index in [4.69, 9.17) is 90.0 Å². The van der Waals surface area contributed by atoms with Crippen LogP contribution in [0.15, 0.2) is 60.7 Å². The molecule has 141 heavy (non-hydrogen) atoms. The van der Waals surface area contributed by atoms with Gasteiger partial charge in [-0.2, -0.15) is 11.8 Å². The Morgan fingerprint density at radius 3 is 1.25 bits per heavy atom. The molecule has 1 aliphatic heterocycles. The van der Waals surface area contributed by atoms with Gasteiger partial charge in [-0.3, -0.25) is 43.2 Å². The summed E-state index contributed by atoms with van der Waals surface area (Å²) in [7, 11) is 0. The van der Waals surface area contributed by atoms with Crippen LogP contribution in [-0.2, 0) is 135 Å². The highest BCUT2D eigenvalue weighted by molar-refractivity contribution is 7.99. The summed E-state index contributed by atoms with van der Waals surface area (Å²) in [6.07, 6.45) is 43.1. The Morgan fingerprint density at radius 2 is 0.787 bits per heavy atom. The Kier molecular flexibility index (Phi) is 51.8. The lowest BCUT2D eigenvalue weighted by Gasteiger charge is -2.56. The van der Waals surface area contributed by atoms with E-state index in [1.807, 2.05) is 81.4 Å². The number of benzene rings is 2. The van der Waals surface area contributed by atoms with E-state index in [1.54, 1.807) is 52.8 Å².